The van der Waals surface area contributed by atoms with Gasteiger partial charge in [0.2, 0.25) is 0 Å². The van der Waals surface area contributed by atoms with Gasteiger partial charge < -0.3 is 20.3 Å². The maximum atomic E-state index is 9.88. The summed E-state index contributed by atoms with van der Waals surface area (Å²) in [5.74, 6) is 1.40. The fraction of sp³-hybridized carbons (Fsp3) is 0.182. The molecule has 1 heterocycles. The van der Waals surface area contributed by atoms with Crippen molar-refractivity contribution in [3.05, 3.63) is 18.2 Å². The van der Waals surface area contributed by atoms with Crippen LogP contribution in [0.15, 0.2) is 18.2 Å². The van der Waals surface area contributed by atoms with Gasteiger partial charge >= 0.3 is 0 Å². The molecule has 90 valence electrons. The fourth-order valence-corrected chi connectivity index (χ4v) is 1.56. The molecule has 0 atom stereocenters. The molecule has 0 aliphatic carbocycles. The molecule has 0 fully saturated rings. The van der Waals surface area contributed by atoms with E-state index < -0.39 is 0 Å². The molecule has 0 unspecified atom stereocenters. The number of ether oxygens (including phenoxy) is 2. The first-order valence-corrected chi connectivity index (χ1v) is 4.92. The van der Waals surface area contributed by atoms with E-state index in [2.05, 4.69) is 10.2 Å². The number of aromatic nitrogens is 2. The molecular formula is C11H13N3O3. The first-order valence-electron chi connectivity index (χ1n) is 4.92. The Morgan fingerprint density at radius 2 is 1.82 bits per heavy atom. The van der Waals surface area contributed by atoms with Crippen LogP contribution < -0.4 is 15.2 Å². The minimum atomic E-state index is 0.0614. The van der Waals surface area contributed by atoms with E-state index >= 15 is 0 Å². The summed E-state index contributed by atoms with van der Waals surface area (Å²) in [7, 11) is 3.03. The molecule has 1 aromatic heterocycles. The summed E-state index contributed by atoms with van der Waals surface area (Å²) in [5, 5.41) is 16.4. The zero-order valence-corrected chi connectivity index (χ0v) is 9.52. The van der Waals surface area contributed by atoms with E-state index in [4.69, 9.17) is 15.2 Å². The standard InChI is InChI=1S/C11H13N3O3/c1-16-9-3-6(7-4-11(12)14-13-7)8(15)5-10(9)17-2/h3-5,15H,1-2H3,(H3,12,13,14). The summed E-state index contributed by atoms with van der Waals surface area (Å²) in [4.78, 5) is 0. The lowest BCUT2D eigenvalue weighted by Gasteiger charge is -2.10. The smallest absolute Gasteiger partial charge is 0.164 e. The van der Waals surface area contributed by atoms with Crippen LogP contribution in [0.2, 0.25) is 0 Å². The number of aromatic amines is 1. The van der Waals surface area contributed by atoms with Crippen LogP contribution in [0, 0.1) is 0 Å². The Balaban J connectivity index is 2.55. The van der Waals surface area contributed by atoms with Crippen molar-refractivity contribution in [2.24, 2.45) is 0 Å². The van der Waals surface area contributed by atoms with Gasteiger partial charge in [0, 0.05) is 17.7 Å². The first kappa shape index (κ1) is 11.1. The number of hydrogen-bond acceptors (Lipinski definition) is 5. The molecule has 1 aromatic carbocycles. The number of nitrogens with one attached hydrogen (secondary N) is 1. The van der Waals surface area contributed by atoms with Gasteiger partial charge in [-0.1, -0.05) is 0 Å². The average Bonchev–Trinajstić information content (AvgIpc) is 2.75. The van der Waals surface area contributed by atoms with Crippen molar-refractivity contribution in [3.8, 4) is 28.5 Å². The van der Waals surface area contributed by atoms with E-state index in [0.29, 0.717) is 28.6 Å². The molecule has 4 N–H and O–H groups in total. The van der Waals surface area contributed by atoms with Gasteiger partial charge in [-0.2, -0.15) is 5.10 Å². The summed E-state index contributed by atoms with van der Waals surface area (Å²) in [6.45, 7) is 0. The molecule has 6 heteroatoms. The molecule has 0 spiro atoms. The van der Waals surface area contributed by atoms with Gasteiger partial charge in [-0.25, -0.2) is 0 Å². The Kier molecular flexibility index (Phi) is 2.78. The van der Waals surface area contributed by atoms with Gasteiger partial charge in [0.05, 0.1) is 19.9 Å². The number of benzene rings is 1. The zero-order valence-electron chi connectivity index (χ0n) is 9.52. The van der Waals surface area contributed by atoms with Crippen LogP contribution in [0.25, 0.3) is 11.3 Å². The number of H-pyrrole nitrogens is 1. The highest BCUT2D eigenvalue weighted by Crippen LogP contribution is 2.38. The van der Waals surface area contributed by atoms with Crippen molar-refractivity contribution in [1.82, 2.24) is 10.2 Å². The number of anilines is 1. The minimum absolute atomic E-state index is 0.0614. The number of aromatic hydroxyl groups is 1. The first-order chi connectivity index (χ1) is 8.15. The second kappa shape index (κ2) is 4.25. The predicted octanol–water partition coefficient (Wildman–Crippen LogP) is 1.38. The third-order valence-corrected chi connectivity index (χ3v) is 2.39. The van der Waals surface area contributed by atoms with E-state index in [1.54, 1.807) is 12.1 Å². The lowest BCUT2D eigenvalue weighted by Crippen LogP contribution is -1.91. The predicted molar refractivity (Wildman–Crippen MR) is 63.2 cm³/mol. The average molecular weight is 235 g/mol. The van der Waals surface area contributed by atoms with E-state index in [9.17, 15) is 5.11 Å². The molecule has 2 rings (SSSR count). The molecule has 0 aliphatic rings. The highest BCUT2D eigenvalue weighted by molar-refractivity contribution is 5.72. The molecular weight excluding hydrogens is 222 g/mol. The van der Waals surface area contributed by atoms with Gasteiger partial charge in [-0.15, -0.1) is 0 Å². The zero-order chi connectivity index (χ0) is 12.4. The van der Waals surface area contributed by atoms with Crippen LogP contribution in [0.3, 0.4) is 0 Å². The highest BCUT2D eigenvalue weighted by atomic mass is 16.5. The van der Waals surface area contributed by atoms with Crippen molar-refractivity contribution in [2.75, 3.05) is 20.0 Å². The Labute approximate surface area is 98.0 Å². The van der Waals surface area contributed by atoms with E-state index in [1.807, 2.05) is 0 Å². The van der Waals surface area contributed by atoms with Crippen LogP contribution in [0.1, 0.15) is 0 Å². The summed E-state index contributed by atoms with van der Waals surface area (Å²) in [5.41, 5.74) is 6.67. The number of rotatable bonds is 3. The number of nitrogens with two attached hydrogens (primary N) is 1. The topological polar surface area (TPSA) is 93.4 Å². The fourth-order valence-electron chi connectivity index (χ4n) is 1.56. The number of nitrogens with zero attached hydrogens (tertiary/aromatic N) is 1. The molecule has 0 amide bonds. The Hall–Kier alpha value is -2.37. The van der Waals surface area contributed by atoms with E-state index in [1.165, 1.54) is 20.3 Å². The van der Waals surface area contributed by atoms with Crippen LogP contribution in [0.5, 0.6) is 17.2 Å². The summed E-state index contributed by atoms with van der Waals surface area (Å²) < 4.78 is 10.2. The third kappa shape index (κ3) is 1.96. The van der Waals surface area contributed by atoms with Gasteiger partial charge in [-0.3, -0.25) is 5.10 Å². The van der Waals surface area contributed by atoms with E-state index in [0.717, 1.165) is 0 Å². The van der Waals surface area contributed by atoms with Gasteiger partial charge in [0.15, 0.2) is 11.5 Å². The maximum Gasteiger partial charge on any atom is 0.164 e. The molecule has 0 radical (unpaired) electrons. The van der Waals surface area contributed by atoms with Gasteiger partial charge in [0.1, 0.15) is 11.6 Å². The quantitative estimate of drug-likeness (QED) is 0.747. The Morgan fingerprint density at radius 3 is 2.35 bits per heavy atom. The van der Waals surface area contributed by atoms with Crippen molar-refractivity contribution >= 4 is 5.82 Å². The Morgan fingerprint density at radius 1 is 1.18 bits per heavy atom. The molecule has 0 aliphatic heterocycles. The summed E-state index contributed by atoms with van der Waals surface area (Å²) in [6.07, 6.45) is 0. The third-order valence-electron chi connectivity index (χ3n) is 2.39. The molecule has 17 heavy (non-hydrogen) atoms. The molecule has 0 saturated heterocycles. The molecule has 0 bridgehead atoms. The summed E-state index contributed by atoms with van der Waals surface area (Å²) in [6, 6.07) is 4.76. The number of phenols is 1. The monoisotopic (exact) mass is 235 g/mol. The van der Waals surface area contributed by atoms with Crippen molar-refractivity contribution < 1.29 is 14.6 Å². The van der Waals surface area contributed by atoms with Gasteiger partial charge in [0.25, 0.3) is 0 Å². The maximum absolute atomic E-state index is 9.88. The van der Waals surface area contributed by atoms with Crippen molar-refractivity contribution in [2.45, 2.75) is 0 Å². The molecule has 6 nitrogen and oxygen atoms in total. The van der Waals surface area contributed by atoms with E-state index in [-0.39, 0.29) is 5.75 Å². The number of methoxy groups -OCH3 is 2. The lowest BCUT2D eigenvalue weighted by atomic mass is 10.1. The highest BCUT2D eigenvalue weighted by Gasteiger charge is 2.13. The van der Waals surface area contributed by atoms with Crippen LogP contribution in [-0.2, 0) is 0 Å². The SMILES string of the molecule is COc1cc(O)c(-c2cc(N)n[nH]2)cc1OC. The van der Waals surface area contributed by atoms with Gasteiger partial charge in [-0.05, 0) is 6.07 Å². The largest absolute Gasteiger partial charge is 0.507 e. The van der Waals surface area contributed by atoms with Crippen LogP contribution >= 0.6 is 0 Å². The minimum Gasteiger partial charge on any atom is -0.507 e. The second-order valence-electron chi connectivity index (χ2n) is 3.43. The normalized spacial score (nSPS) is 10.2. The molecule has 0 saturated carbocycles. The second-order valence-corrected chi connectivity index (χ2v) is 3.43. The Bertz CT molecular complexity index is 537. The van der Waals surface area contributed by atoms with Crippen LogP contribution in [0.4, 0.5) is 5.82 Å². The number of phenolic OH excluding ortho intramolecular Hbond substituents is 1. The summed E-state index contributed by atoms with van der Waals surface area (Å²) >= 11 is 0. The van der Waals surface area contributed by atoms with Crippen LogP contribution in [-0.4, -0.2) is 29.5 Å². The van der Waals surface area contributed by atoms with Crippen molar-refractivity contribution in [1.29, 1.82) is 0 Å². The van der Waals surface area contributed by atoms with Crippen molar-refractivity contribution in [3.63, 3.8) is 0 Å². The molecule has 2 aromatic rings. The lowest BCUT2D eigenvalue weighted by molar-refractivity contribution is 0.352. The number of hydrogen-bond donors (Lipinski definition) is 3. The number of nitrogen functional groups attached to an aromatic ring is 1.